The van der Waals surface area contributed by atoms with E-state index >= 15 is 0 Å². The van der Waals surface area contributed by atoms with Gasteiger partial charge in [0.05, 0.1) is 4.99 Å². The third-order valence-electron chi connectivity index (χ3n) is 4.02. The lowest BCUT2D eigenvalue weighted by Gasteiger charge is -2.47. The minimum Gasteiger partial charge on any atom is -0.463 e. The van der Waals surface area contributed by atoms with Crippen LogP contribution in [0.4, 0.5) is 0 Å². The molecule has 1 rings (SSSR count). The highest BCUT2D eigenvalue weighted by molar-refractivity contribution is 7.80. The zero-order chi connectivity index (χ0) is 22.3. The second kappa shape index (κ2) is 11.1. The number of carbonyl (C=O) groups excluding carboxylic acids is 4. The first-order chi connectivity index (χ1) is 13.5. The smallest absolute Gasteiger partial charge is 0.303 e. The maximum absolute atomic E-state index is 11.8. The van der Waals surface area contributed by atoms with Crippen molar-refractivity contribution in [2.75, 3.05) is 13.2 Å². The van der Waals surface area contributed by atoms with Gasteiger partial charge in [0.1, 0.15) is 12.7 Å². The van der Waals surface area contributed by atoms with E-state index in [0.717, 1.165) is 0 Å². The van der Waals surface area contributed by atoms with Crippen molar-refractivity contribution in [3.63, 3.8) is 0 Å². The summed E-state index contributed by atoms with van der Waals surface area (Å²) in [5.41, 5.74) is 0. The van der Waals surface area contributed by atoms with Crippen LogP contribution in [0.5, 0.6) is 0 Å². The number of likely N-dealkylation sites (N-methyl/N-ethyl adjacent to an activating group) is 1. The maximum atomic E-state index is 11.8. The van der Waals surface area contributed by atoms with Gasteiger partial charge in [0.15, 0.2) is 24.5 Å². The van der Waals surface area contributed by atoms with Crippen LogP contribution in [0.3, 0.4) is 0 Å². The molecule has 29 heavy (non-hydrogen) atoms. The standard InChI is InChI=1S/C18H27NO9S/c1-7-19(9(2)29)18-17(27-13(6)23)16(26-12(5)22)15(25-11(4)21)14(28-18)8-24-10(3)20/h14-18H,7-8H2,1-6H3/t14-,15+,16+,17-,18-/m1/s1. The van der Waals surface area contributed by atoms with Crippen molar-refractivity contribution in [1.29, 1.82) is 0 Å². The molecule has 0 aliphatic carbocycles. The Morgan fingerprint density at radius 2 is 1.31 bits per heavy atom. The SMILES string of the molecule is CCN(C(C)=S)[C@@H]1O[C@H](COC(C)=O)[C@H](OC(C)=O)[C@H](OC(C)=O)[C@H]1OC(C)=O. The van der Waals surface area contributed by atoms with Gasteiger partial charge in [0, 0.05) is 34.2 Å². The maximum Gasteiger partial charge on any atom is 0.303 e. The molecule has 11 heteroatoms. The zero-order valence-corrected chi connectivity index (χ0v) is 18.1. The van der Waals surface area contributed by atoms with Gasteiger partial charge < -0.3 is 28.6 Å². The number of hydrogen-bond acceptors (Lipinski definition) is 10. The van der Waals surface area contributed by atoms with Crippen LogP contribution < -0.4 is 0 Å². The first-order valence-corrected chi connectivity index (χ1v) is 9.46. The van der Waals surface area contributed by atoms with Crippen LogP contribution in [0, 0.1) is 0 Å². The molecule has 0 radical (unpaired) electrons. The quantitative estimate of drug-likeness (QED) is 0.321. The Morgan fingerprint density at radius 1 is 0.828 bits per heavy atom. The lowest BCUT2D eigenvalue weighted by atomic mass is 9.96. The van der Waals surface area contributed by atoms with E-state index in [9.17, 15) is 19.2 Å². The third kappa shape index (κ3) is 7.24. The number of nitrogens with zero attached hydrogens (tertiary/aromatic N) is 1. The van der Waals surface area contributed by atoms with E-state index in [4.69, 9.17) is 35.9 Å². The second-order valence-corrected chi connectivity index (χ2v) is 6.99. The molecule has 0 spiro atoms. The number of hydrogen-bond donors (Lipinski definition) is 0. The highest BCUT2D eigenvalue weighted by Crippen LogP contribution is 2.31. The van der Waals surface area contributed by atoms with Gasteiger partial charge in [-0.3, -0.25) is 19.2 Å². The first kappa shape index (κ1) is 24.8. The van der Waals surface area contributed by atoms with E-state index in [1.165, 1.54) is 27.7 Å². The van der Waals surface area contributed by atoms with Crippen molar-refractivity contribution in [3.05, 3.63) is 0 Å². The summed E-state index contributed by atoms with van der Waals surface area (Å²) in [7, 11) is 0. The lowest BCUT2D eigenvalue weighted by molar-refractivity contribution is -0.270. The predicted octanol–water partition coefficient (Wildman–Crippen LogP) is 0.739. The van der Waals surface area contributed by atoms with Gasteiger partial charge in [0.25, 0.3) is 0 Å². The molecule has 1 saturated heterocycles. The van der Waals surface area contributed by atoms with Gasteiger partial charge in [-0.15, -0.1) is 0 Å². The van der Waals surface area contributed by atoms with Crippen LogP contribution >= 0.6 is 12.2 Å². The molecule has 0 amide bonds. The molecule has 0 N–H and O–H groups in total. The fraction of sp³-hybridized carbons (Fsp3) is 0.722. The van der Waals surface area contributed by atoms with E-state index in [0.29, 0.717) is 11.5 Å². The van der Waals surface area contributed by atoms with Gasteiger partial charge in [-0.05, 0) is 13.8 Å². The van der Waals surface area contributed by atoms with Crippen molar-refractivity contribution in [2.45, 2.75) is 72.2 Å². The third-order valence-corrected chi connectivity index (χ3v) is 4.25. The molecule has 0 unspecified atom stereocenters. The van der Waals surface area contributed by atoms with Crippen LogP contribution in [0.1, 0.15) is 41.5 Å². The molecular formula is C18H27NO9S. The molecule has 0 aromatic rings. The summed E-state index contributed by atoms with van der Waals surface area (Å²) in [5.74, 6) is -2.59. The molecule has 0 saturated carbocycles. The van der Waals surface area contributed by atoms with Crippen LogP contribution in [-0.4, -0.2) is 77.6 Å². The van der Waals surface area contributed by atoms with E-state index in [1.807, 2.05) is 6.92 Å². The van der Waals surface area contributed by atoms with Crippen molar-refractivity contribution in [2.24, 2.45) is 0 Å². The van der Waals surface area contributed by atoms with E-state index < -0.39 is 54.5 Å². The Kier molecular flexibility index (Phi) is 9.44. The van der Waals surface area contributed by atoms with Crippen molar-refractivity contribution >= 4 is 41.1 Å². The summed E-state index contributed by atoms with van der Waals surface area (Å²) in [6.45, 7) is 8.33. The van der Waals surface area contributed by atoms with Crippen LogP contribution in [0.15, 0.2) is 0 Å². The van der Waals surface area contributed by atoms with Crippen LogP contribution in [0.25, 0.3) is 0 Å². The minimum atomic E-state index is -1.21. The molecule has 5 atom stereocenters. The molecule has 1 aliphatic heterocycles. The van der Waals surface area contributed by atoms with Crippen molar-refractivity contribution in [3.8, 4) is 0 Å². The van der Waals surface area contributed by atoms with Crippen molar-refractivity contribution in [1.82, 2.24) is 4.90 Å². The van der Waals surface area contributed by atoms with E-state index in [1.54, 1.807) is 11.8 Å². The largest absolute Gasteiger partial charge is 0.463 e. The van der Waals surface area contributed by atoms with Gasteiger partial charge in [-0.2, -0.15) is 0 Å². The van der Waals surface area contributed by atoms with Gasteiger partial charge in [0.2, 0.25) is 0 Å². The number of esters is 4. The highest BCUT2D eigenvalue weighted by atomic mass is 32.1. The molecule has 1 fully saturated rings. The second-order valence-electron chi connectivity index (χ2n) is 6.39. The Labute approximate surface area is 174 Å². The monoisotopic (exact) mass is 433 g/mol. The molecule has 1 heterocycles. The van der Waals surface area contributed by atoms with Gasteiger partial charge >= 0.3 is 23.9 Å². The summed E-state index contributed by atoms with van der Waals surface area (Å²) < 4.78 is 27.1. The van der Waals surface area contributed by atoms with Crippen LogP contribution in [0.2, 0.25) is 0 Å². The summed E-state index contributed by atoms with van der Waals surface area (Å²) in [6.07, 6.45) is -5.49. The molecule has 10 nitrogen and oxygen atoms in total. The fourth-order valence-electron chi connectivity index (χ4n) is 3.04. The first-order valence-electron chi connectivity index (χ1n) is 9.05. The highest BCUT2D eigenvalue weighted by Gasteiger charge is 2.53. The Morgan fingerprint density at radius 3 is 1.72 bits per heavy atom. The minimum absolute atomic E-state index is 0.275. The van der Waals surface area contributed by atoms with Crippen LogP contribution in [-0.2, 0) is 42.9 Å². The average Bonchev–Trinajstić information content (AvgIpc) is 2.57. The zero-order valence-electron chi connectivity index (χ0n) is 17.3. The number of carbonyl (C=O) groups is 4. The lowest BCUT2D eigenvalue weighted by Crippen LogP contribution is -2.66. The van der Waals surface area contributed by atoms with Gasteiger partial charge in [-0.25, -0.2) is 0 Å². The number of thiocarbonyl (C=S) groups is 1. The Hall–Kier alpha value is -2.27. The predicted molar refractivity (Wildman–Crippen MR) is 103 cm³/mol. The normalized spacial score (nSPS) is 26.1. The molecule has 0 aromatic heterocycles. The number of rotatable bonds is 7. The van der Waals surface area contributed by atoms with Crippen molar-refractivity contribution < 1.29 is 42.9 Å². The Balaban J connectivity index is 3.45. The molecule has 164 valence electrons. The van der Waals surface area contributed by atoms with Gasteiger partial charge in [-0.1, -0.05) is 12.2 Å². The molecular weight excluding hydrogens is 406 g/mol. The molecule has 0 bridgehead atoms. The topological polar surface area (TPSA) is 118 Å². The van der Waals surface area contributed by atoms with E-state index in [2.05, 4.69) is 0 Å². The summed E-state index contributed by atoms with van der Waals surface area (Å²) in [5, 5.41) is 0. The number of ether oxygens (including phenoxy) is 5. The fourth-order valence-corrected chi connectivity index (χ4v) is 3.27. The Bertz CT molecular complexity index is 653. The summed E-state index contributed by atoms with van der Waals surface area (Å²) in [6, 6.07) is 0. The average molecular weight is 433 g/mol. The van der Waals surface area contributed by atoms with E-state index in [-0.39, 0.29) is 6.61 Å². The molecule has 1 aliphatic rings. The summed E-state index contributed by atoms with van der Waals surface area (Å²) >= 11 is 5.26. The summed E-state index contributed by atoms with van der Waals surface area (Å²) in [4.78, 5) is 48.5. The molecule has 0 aromatic carbocycles.